The lowest BCUT2D eigenvalue weighted by molar-refractivity contribution is -0.122. The topological polar surface area (TPSA) is 92.5 Å². The number of nitrogens with zero attached hydrogens (tertiary/aromatic N) is 2. The Hall–Kier alpha value is -1.41. The predicted molar refractivity (Wildman–Crippen MR) is 85.4 cm³/mol. The number of hydrogen-bond acceptors (Lipinski definition) is 5. The highest BCUT2D eigenvalue weighted by atomic mass is 32.2. The van der Waals surface area contributed by atoms with Gasteiger partial charge in [0, 0.05) is 25.6 Å². The first kappa shape index (κ1) is 17.9. The van der Waals surface area contributed by atoms with Crippen molar-refractivity contribution in [1.29, 1.82) is 0 Å². The summed E-state index contributed by atoms with van der Waals surface area (Å²) in [6.07, 6.45) is 1.83. The first-order chi connectivity index (χ1) is 10.7. The lowest BCUT2D eigenvalue weighted by atomic mass is 9.94. The molecule has 0 bridgehead atoms. The number of rotatable bonds is 5. The van der Waals surface area contributed by atoms with Crippen molar-refractivity contribution in [3.63, 3.8) is 0 Å². The molecular formula is C15H25N3O4S. The van der Waals surface area contributed by atoms with E-state index in [0.29, 0.717) is 43.8 Å². The number of sulfonamides is 1. The second-order valence-electron chi connectivity index (χ2n) is 6.43. The fourth-order valence-electron chi connectivity index (χ4n) is 2.97. The largest absolute Gasteiger partial charge is 0.360 e. The molecule has 0 spiro atoms. The normalized spacial score (nSPS) is 17.6. The van der Waals surface area contributed by atoms with Gasteiger partial charge >= 0.3 is 0 Å². The molecule has 1 saturated heterocycles. The van der Waals surface area contributed by atoms with Crippen LogP contribution in [0.4, 0.5) is 0 Å². The number of carbonyl (C=O) groups is 1. The molecule has 0 radical (unpaired) electrons. The minimum Gasteiger partial charge on any atom is -0.360 e. The van der Waals surface area contributed by atoms with Crippen LogP contribution < -0.4 is 5.32 Å². The van der Waals surface area contributed by atoms with E-state index in [2.05, 4.69) is 10.5 Å². The van der Waals surface area contributed by atoms with Crippen LogP contribution >= 0.6 is 0 Å². The van der Waals surface area contributed by atoms with Gasteiger partial charge in [0.05, 0.1) is 0 Å². The van der Waals surface area contributed by atoms with E-state index < -0.39 is 10.0 Å². The minimum atomic E-state index is -3.57. The minimum absolute atomic E-state index is 0.0343. The van der Waals surface area contributed by atoms with Gasteiger partial charge in [-0.1, -0.05) is 5.16 Å². The van der Waals surface area contributed by atoms with Crippen molar-refractivity contribution in [3.05, 3.63) is 11.5 Å². The van der Waals surface area contributed by atoms with Crippen LogP contribution in [0.15, 0.2) is 9.42 Å². The quantitative estimate of drug-likeness (QED) is 0.877. The van der Waals surface area contributed by atoms with Crippen molar-refractivity contribution < 1.29 is 17.7 Å². The van der Waals surface area contributed by atoms with Gasteiger partial charge in [-0.15, -0.1) is 0 Å². The van der Waals surface area contributed by atoms with Crippen LogP contribution in [0.1, 0.15) is 44.6 Å². The molecule has 1 aromatic rings. The second kappa shape index (κ2) is 7.00. The number of piperidine rings is 1. The summed E-state index contributed by atoms with van der Waals surface area (Å²) in [5.41, 5.74) is 0.390. The standard InChI is InChI=1S/C15H25N3O4S/c1-10(2)16-14(19)9-13-5-7-18(8-6-13)23(20,21)15-11(3)17-22-12(15)4/h10,13H,5-9H2,1-4H3,(H,16,19). The molecule has 1 aromatic heterocycles. The van der Waals surface area contributed by atoms with Gasteiger partial charge in [-0.05, 0) is 46.5 Å². The zero-order valence-corrected chi connectivity index (χ0v) is 14.9. The maximum Gasteiger partial charge on any atom is 0.248 e. The highest BCUT2D eigenvalue weighted by Crippen LogP contribution is 2.28. The van der Waals surface area contributed by atoms with E-state index in [0.717, 1.165) is 0 Å². The van der Waals surface area contributed by atoms with Crippen LogP contribution in [-0.2, 0) is 14.8 Å². The molecule has 0 unspecified atom stereocenters. The molecule has 0 saturated carbocycles. The summed E-state index contributed by atoms with van der Waals surface area (Å²) in [6, 6.07) is 0.127. The SMILES string of the molecule is Cc1noc(C)c1S(=O)(=O)N1CCC(CC(=O)NC(C)C)CC1. The van der Waals surface area contributed by atoms with Crippen LogP contribution in [0.25, 0.3) is 0 Å². The number of aryl methyl sites for hydroxylation is 2. The molecule has 2 heterocycles. The van der Waals surface area contributed by atoms with Gasteiger partial charge in [0.15, 0.2) is 5.76 Å². The molecule has 0 aromatic carbocycles. The Bertz CT molecular complexity index is 639. The highest BCUT2D eigenvalue weighted by molar-refractivity contribution is 7.89. The van der Waals surface area contributed by atoms with Gasteiger partial charge in [0.1, 0.15) is 10.6 Å². The van der Waals surface area contributed by atoms with Crippen molar-refractivity contribution in [1.82, 2.24) is 14.8 Å². The van der Waals surface area contributed by atoms with Crippen molar-refractivity contribution in [3.8, 4) is 0 Å². The maximum absolute atomic E-state index is 12.7. The average Bonchev–Trinajstić information content (AvgIpc) is 2.78. The average molecular weight is 343 g/mol. The Kier molecular flexibility index (Phi) is 5.46. The molecule has 0 atom stereocenters. The first-order valence-electron chi connectivity index (χ1n) is 7.94. The zero-order valence-electron chi connectivity index (χ0n) is 14.1. The summed E-state index contributed by atoms with van der Waals surface area (Å²) < 4.78 is 31.9. The van der Waals surface area contributed by atoms with E-state index in [-0.39, 0.29) is 22.8 Å². The van der Waals surface area contributed by atoms with Gasteiger partial charge in [0.2, 0.25) is 15.9 Å². The molecule has 1 amide bonds. The van der Waals surface area contributed by atoms with E-state index in [1.807, 2.05) is 13.8 Å². The van der Waals surface area contributed by atoms with Crippen LogP contribution in [0.2, 0.25) is 0 Å². The molecule has 2 rings (SSSR count). The number of aromatic nitrogens is 1. The zero-order chi connectivity index (χ0) is 17.2. The highest BCUT2D eigenvalue weighted by Gasteiger charge is 2.34. The summed E-state index contributed by atoms with van der Waals surface area (Å²) >= 11 is 0. The van der Waals surface area contributed by atoms with Crippen molar-refractivity contribution in [2.24, 2.45) is 5.92 Å². The lowest BCUT2D eigenvalue weighted by Gasteiger charge is -2.30. The molecule has 1 N–H and O–H groups in total. The van der Waals surface area contributed by atoms with E-state index in [1.165, 1.54) is 4.31 Å². The maximum atomic E-state index is 12.7. The molecule has 130 valence electrons. The Morgan fingerprint density at radius 1 is 1.35 bits per heavy atom. The van der Waals surface area contributed by atoms with Gasteiger partial charge in [-0.2, -0.15) is 4.31 Å². The third-order valence-electron chi connectivity index (χ3n) is 4.06. The van der Waals surface area contributed by atoms with Crippen molar-refractivity contribution in [2.75, 3.05) is 13.1 Å². The third kappa shape index (κ3) is 4.11. The van der Waals surface area contributed by atoms with E-state index in [1.54, 1.807) is 13.8 Å². The summed E-state index contributed by atoms with van der Waals surface area (Å²) in [5.74, 6) is 0.581. The Balaban J connectivity index is 1.98. The van der Waals surface area contributed by atoms with Gasteiger partial charge in [-0.25, -0.2) is 8.42 Å². The van der Waals surface area contributed by atoms with Crippen LogP contribution in [-0.4, -0.2) is 42.9 Å². The molecule has 23 heavy (non-hydrogen) atoms. The van der Waals surface area contributed by atoms with E-state index in [9.17, 15) is 13.2 Å². The molecule has 8 heteroatoms. The van der Waals surface area contributed by atoms with Crippen LogP contribution in [0.5, 0.6) is 0 Å². The number of amides is 1. The van der Waals surface area contributed by atoms with Gasteiger partial charge < -0.3 is 9.84 Å². The Morgan fingerprint density at radius 3 is 2.43 bits per heavy atom. The smallest absolute Gasteiger partial charge is 0.248 e. The van der Waals surface area contributed by atoms with E-state index in [4.69, 9.17) is 4.52 Å². The molecule has 0 aliphatic carbocycles. The van der Waals surface area contributed by atoms with Crippen LogP contribution in [0, 0.1) is 19.8 Å². The lowest BCUT2D eigenvalue weighted by Crippen LogP contribution is -2.40. The van der Waals surface area contributed by atoms with Gasteiger partial charge in [-0.3, -0.25) is 4.79 Å². The van der Waals surface area contributed by atoms with Crippen molar-refractivity contribution >= 4 is 15.9 Å². The molecule has 1 fully saturated rings. The fraction of sp³-hybridized carbons (Fsp3) is 0.733. The summed E-state index contributed by atoms with van der Waals surface area (Å²) in [6.45, 7) is 7.94. The molecule has 1 aliphatic rings. The third-order valence-corrected chi connectivity index (χ3v) is 6.21. The number of hydrogen-bond donors (Lipinski definition) is 1. The fourth-order valence-corrected chi connectivity index (χ4v) is 4.73. The van der Waals surface area contributed by atoms with Crippen LogP contribution in [0.3, 0.4) is 0 Å². The second-order valence-corrected chi connectivity index (χ2v) is 8.30. The predicted octanol–water partition coefficient (Wildman–Crippen LogP) is 1.61. The van der Waals surface area contributed by atoms with E-state index >= 15 is 0 Å². The summed E-state index contributed by atoms with van der Waals surface area (Å²) in [4.78, 5) is 12.0. The molecule has 1 aliphatic heterocycles. The Labute approximate surface area is 137 Å². The van der Waals surface area contributed by atoms with Gasteiger partial charge in [0.25, 0.3) is 0 Å². The number of nitrogens with one attached hydrogen (secondary N) is 1. The molecular weight excluding hydrogens is 318 g/mol. The molecule has 7 nitrogen and oxygen atoms in total. The summed E-state index contributed by atoms with van der Waals surface area (Å²) in [7, 11) is -3.57. The Morgan fingerprint density at radius 2 is 1.96 bits per heavy atom. The van der Waals surface area contributed by atoms with Crippen molar-refractivity contribution in [2.45, 2.75) is 57.9 Å². The first-order valence-corrected chi connectivity index (χ1v) is 9.38. The number of carbonyl (C=O) groups excluding carboxylic acids is 1. The summed E-state index contributed by atoms with van der Waals surface area (Å²) in [5, 5.41) is 6.60. The monoisotopic (exact) mass is 343 g/mol.